The van der Waals surface area contributed by atoms with Gasteiger partial charge in [-0.15, -0.1) is 0 Å². The van der Waals surface area contributed by atoms with Crippen LogP contribution in [0.5, 0.6) is 0 Å². The van der Waals surface area contributed by atoms with E-state index in [2.05, 4.69) is 14.8 Å². The zero-order chi connectivity index (χ0) is 22.4. The molecule has 0 saturated heterocycles. The summed E-state index contributed by atoms with van der Waals surface area (Å²) in [6.07, 6.45) is -16.2. The van der Waals surface area contributed by atoms with Gasteiger partial charge in [0.2, 0.25) is 0 Å². The van der Waals surface area contributed by atoms with Gasteiger partial charge in [0, 0.05) is 6.07 Å². The molecular weight excluding hydrogens is 427 g/mol. The highest BCUT2D eigenvalue weighted by Crippen LogP contribution is 2.39. The molecule has 0 aliphatic heterocycles. The van der Waals surface area contributed by atoms with Crippen molar-refractivity contribution in [1.29, 1.82) is 5.26 Å². The molecule has 15 heteroatoms. The van der Waals surface area contributed by atoms with Crippen LogP contribution in [-0.4, -0.2) is 27.8 Å². The number of halogens is 9. The van der Waals surface area contributed by atoms with Crippen LogP contribution in [0.15, 0.2) is 12.1 Å². The minimum absolute atomic E-state index is 0.0300. The SMILES string of the molecule is COC(=O)c1cc(C(F)(F)F)nn1-c1nc(C(F)(F)F)cc(C(F)(F)F)c1C#N. The standard InChI is InChI=1S/C14H5F9N4O2/c1-29-11(28)7-3-9(14(21,22)23)26-27(7)10-5(4-24)6(12(15,16)17)2-8(25-10)13(18,19)20/h2-3H,1H3. The largest absolute Gasteiger partial charge is 0.464 e. The van der Waals surface area contributed by atoms with Gasteiger partial charge in [0.05, 0.1) is 12.7 Å². The second-order valence-electron chi connectivity index (χ2n) is 5.18. The van der Waals surface area contributed by atoms with Crippen molar-refractivity contribution < 1.29 is 49.0 Å². The van der Waals surface area contributed by atoms with Crippen LogP contribution in [-0.2, 0) is 23.3 Å². The van der Waals surface area contributed by atoms with Gasteiger partial charge in [-0.1, -0.05) is 0 Å². The third-order valence-corrected chi connectivity index (χ3v) is 3.30. The number of rotatable bonds is 2. The summed E-state index contributed by atoms with van der Waals surface area (Å²) >= 11 is 0. The summed E-state index contributed by atoms with van der Waals surface area (Å²) in [4.78, 5) is 14.5. The average molecular weight is 432 g/mol. The van der Waals surface area contributed by atoms with Crippen molar-refractivity contribution >= 4 is 5.97 Å². The molecule has 0 aromatic carbocycles. The van der Waals surface area contributed by atoms with E-state index >= 15 is 0 Å². The van der Waals surface area contributed by atoms with Gasteiger partial charge in [0.25, 0.3) is 0 Å². The average Bonchev–Trinajstić information content (AvgIpc) is 3.03. The first-order chi connectivity index (χ1) is 13.1. The van der Waals surface area contributed by atoms with Crippen LogP contribution in [0.4, 0.5) is 39.5 Å². The van der Waals surface area contributed by atoms with Gasteiger partial charge in [-0.2, -0.15) is 49.9 Å². The van der Waals surface area contributed by atoms with E-state index in [1.165, 1.54) is 0 Å². The van der Waals surface area contributed by atoms with E-state index < -0.39 is 64.6 Å². The van der Waals surface area contributed by atoms with Crippen LogP contribution < -0.4 is 0 Å². The smallest absolute Gasteiger partial charge is 0.435 e. The van der Waals surface area contributed by atoms with Crippen LogP contribution >= 0.6 is 0 Å². The van der Waals surface area contributed by atoms with Crippen molar-refractivity contribution in [2.45, 2.75) is 18.5 Å². The van der Waals surface area contributed by atoms with Gasteiger partial charge in [0.1, 0.15) is 17.3 Å². The number of carbonyl (C=O) groups is 1. The van der Waals surface area contributed by atoms with Crippen molar-refractivity contribution in [3.05, 3.63) is 40.3 Å². The maximum atomic E-state index is 13.2. The fourth-order valence-corrected chi connectivity index (χ4v) is 2.09. The molecule has 0 bridgehead atoms. The summed E-state index contributed by atoms with van der Waals surface area (Å²) in [5.74, 6) is -3.16. The molecule has 0 saturated carbocycles. The zero-order valence-electron chi connectivity index (χ0n) is 13.7. The summed E-state index contributed by atoms with van der Waals surface area (Å²) in [5, 5.41) is 11.8. The Labute approximate surface area is 154 Å². The normalized spacial score (nSPS) is 12.6. The number of ether oxygens (including phenoxy) is 1. The van der Waals surface area contributed by atoms with Crippen molar-refractivity contribution in [2.75, 3.05) is 7.11 Å². The lowest BCUT2D eigenvalue weighted by atomic mass is 10.1. The van der Waals surface area contributed by atoms with Gasteiger partial charge in [-0.3, -0.25) is 0 Å². The first kappa shape index (κ1) is 22.0. The molecule has 2 heterocycles. The molecule has 29 heavy (non-hydrogen) atoms. The Hall–Kier alpha value is -3.31. The minimum Gasteiger partial charge on any atom is -0.464 e. The van der Waals surface area contributed by atoms with Gasteiger partial charge >= 0.3 is 24.5 Å². The summed E-state index contributed by atoms with van der Waals surface area (Å²) in [6.45, 7) is 0. The number of hydrogen-bond acceptors (Lipinski definition) is 5. The van der Waals surface area contributed by atoms with E-state index in [1.807, 2.05) is 0 Å². The molecule has 0 atom stereocenters. The van der Waals surface area contributed by atoms with E-state index in [9.17, 15) is 44.3 Å². The van der Waals surface area contributed by atoms with Crippen molar-refractivity contribution in [3.8, 4) is 11.9 Å². The maximum absolute atomic E-state index is 13.2. The Morgan fingerprint density at radius 3 is 1.97 bits per heavy atom. The highest BCUT2D eigenvalue weighted by molar-refractivity contribution is 5.88. The van der Waals surface area contributed by atoms with Crippen LogP contribution in [0.25, 0.3) is 5.82 Å². The van der Waals surface area contributed by atoms with Gasteiger partial charge in [-0.25, -0.2) is 14.5 Å². The number of esters is 1. The number of pyridine rings is 1. The Morgan fingerprint density at radius 1 is 1.00 bits per heavy atom. The van der Waals surface area contributed by atoms with Crippen molar-refractivity contribution in [3.63, 3.8) is 0 Å². The first-order valence-corrected chi connectivity index (χ1v) is 6.96. The molecule has 2 aromatic heterocycles. The second-order valence-corrected chi connectivity index (χ2v) is 5.18. The van der Waals surface area contributed by atoms with E-state index in [0.29, 0.717) is 7.11 Å². The van der Waals surface area contributed by atoms with E-state index in [1.54, 1.807) is 0 Å². The number of methoxy groups -OCH3 is 1. The molecule has 2 rings (SSSR count). The quantitative estimate of drug-likeness (QED) is 0.530. The predicted octanol–water partition coefficient (Wildman–Crippen LogP) is 3.98. The van der Waals surface area contributed by atoms with Crippen LogP contribution in [0, 0.1) is 11.3 Å². The molecule has 0 aliphatic carbocycles. The van der Waals surface area contributed by atoms with Gasteiger partial charge in [0.15, 0.2) is 17.2 Å². The highest BCUT2D eigenvalue weighted by Gasteiger charge is 2.43. The molecule has 0 N–H and O–H groups in total. The monoisotopic (exact) mass is 432 g/mol. The zero-order valence-corrected chi connectivity index (χ0v) is 13.7. The maximum Gasteiger partial charge on any atom is 0.435 e. The van der Waals surface area contributed by atoms with Crippen LogP contribution in [0.3, 0.4) is 0 Å². The molecule has 6 nitrogen and oxygen atoms in total. The molecule has 0 radical (unpaired) electrons. The third kappa shape index (κ3) is 4.25. The Kier molecular flexibility index (Phi) is 5.26. The fourth-order valence-electron chi connectivity index (χ4n) is 2.09. The number of alkyl halides is 9. The van der Waals surface area contributed by atoms with Crippen molar-refractivity contribution in [2.24, 2.45) is 0 Å². The molecular formula is C14H5F9N4O2. The van der Waals surface area contributed by atoms with Crippen LogP contribution in [0.1, 0.15) is 33.0 Å². The lowest BCUT2D eigenvalue weighted by molar-refractivity contribution is -0.146. The highest BCUT2D eigenvalue weighted by atomic mass is 19.4. The van der Waals surface area contributed by atoms with E-state index in [4.69, 9.17) is 5.26 Å². The first-order valence-electron chi connectivity index (χ1n) is 6.96. The number of carbonyl (C=O) groups excluding carboxylic acids is 1. The third-order valence-electron chi connectivity index (χ3n) is 3.30. The minimum atomic E-state index is -5.51. The summed E-state index contributed by atoms with van der Waals surface area (Å²) in [7, 11) is 0.693. The van der Waals surface area contributed by atoms with Crippen molar-refractivity contribution in [1.82, 2.24) is 14.8 Å². The lowest BCUT2D eigenvalue weighted by Crippen LogP contribution is -2.20. The summed E-state index contributed by atoms with van der Waals surface area (Å²) < 4.78 is 121. The number of aromatic nitrogens is 3. The summed E-state index contributed by atoms with van der Waals surface area (Å²) in [6, 6.07) is 0.488. The molecule has 0 fully saturated rings. The lowest BCUT2D eigenvalue weighted by Gasteiger charge is -2.16. The molecule has 0 amide bonds. The number of nitriles is 1. The summed E-state index contributed by atoms with van der Waals surface area (Å²) in [5.41, 5.74) is -8.91. The second kappa shape index (κ2) is 6.94. The Morgan fingerprint density at radius 2 is 1.55 bits per heavy atom. The topological polar surface area (TPSA) is 80.8 Å². The van der Waals surface area contributed by atoms with Gasteiger partial charge < -0.3 is 4.74 Å². The fraction of sp³-hybridized carbons (Fsp3) is 0.286. The molecule has 0 unspecified atom stereocenters. The van der Waals surface area contributed by atoms with E-state index in [0.717, 1.165) is 6.07 Å². The molecule has 0 spiro atoms. The number of hydrogen-bond donors (Lipinski definition) is 0. The van der Waals surface area contributed by atoms with Crippen LogP contribution in [0.2, 0.25) is 0 Å². The van der Waals surface area contributed by atoms with Gasteiger partial charge in [-0.05, 0) is 6.07 Å². The molecule has 156 valence electrons. The molecule has 0 aliphatic rings. The number of nitrogens with zero attached hydrogens (tertiary/aromatic N) is 4. The Balaban J connectivity index is 2.99. The predicted molar refractivity (Wildman–Crippen MR) is 72.4 cm³/mol. The van der Waals surface area contributed by atoms with E-state index in [-0.39, 0.29) is 10.7 Å². The molecule has 2 aromatic rings. The Bertz CT molecular complexity index is 997.